The molecule has 0 fully saturated rings. The Hall–Kier alpha value is -4.86. The van der Waals surface area contributed by atoms with Crippen molar-refractivity contribution in [3.8, 4) is 23.0 Å². The molecule has 6 nitrogen and oxygen atoms in total. The van der Waals surface area contributed by atoms with Crippen molar-refractivity contribution in [2.75, 3.05) is 14.2 Å². The molecule has 0 heterocycles. The normalized spacial score (nSPS) is 13.1. The minimum absolute atomic E-state index is 0.172. The van der Waals surface area contributed by atoms with Crippen LogP contribution in [0.4, 0.5) is 17.6 Å². The average Bonchev–Trinajstić information content (AvgIpc) is 2.94. The molecule has 4 aromatic carbocycles. The summed E-state index contributed by atoms with van der Waals surface area (Å²) in [5, 5.41) is 20.5. The number of phenols is 2. The van der Waals surface area contributed by atoms with Gasteiger partial charge in [-0.2, -0.15) is 0 Å². The van der Waals surface area contributed by atoms with Crippen LogP contribution in [0.5, 0.6) is 23.0 Å². The SMILES string of the molecule is COc1ccc(F)c([C@H](N=Cc2ccccc2O)[C@@H](N=Cc2ccccc2O)c2c(F)ccc(OC)c2F)c1F. The van der Waals surface area contributed by atoms with Crippen LogP contribution in [0.25, 0.3) is 0 Å². The van der Waals surface area contributed by atoms with Crippen molar-refractivity contribution in [2.45, 2.75) is 12.1 Å². The molecule has 0 radical (unpaired) electrons. The number of phenolic OH excluding ortho intramolecular Hbond substituents is 2. The number of halogens is 4. The third kappa shape index (κ3) is 5.75. The van der Waals surface area contributed by atoms with Crippen molar-refractivity contribution in [1.82, 2.24) is 0 Å². The Morgan fingerprint density at radius 1 is 0.600 bits per heavy atom. The highest BCUT2D eigenvalue weighted by Gasteiger charge is 2.35. The van der Waals surface area contributed by atoms with Gasteiger partial charge in [-0.3, -0.25) is 9.98 Å². The predicted octanol–water partition coefficient (Wildman–Crippen LogP) is 6.69. The lowest BCUT2D eigenvalue weighted by molar-refractivity contribution is 0.367. The first kappa shape index (κ1) is 28.2. The van der Waals surface area contributed by atoms with Gasteiger partial charge in [-0.05, 0) is 48.5 Å². The van der Waals surface area contributed by atoms with E-state index in [1.165, 1.54) is 38.5 Å². The first-order chi connectivity index (χ1) is 19.3. The molecule has 0 aliphatic rings. The maximum absolute atomic E-state index is 15.6. The summed E-state index contributed by atoms with van der Waals surface area (Å²) < 4.78 is 72.0. The average molecular weight is 553 g/mol. The molecule has 0 bridgehead atoms. The number of nitrogens with zero attached hydrogens (tertiary/aromatic N) is 2. The van der Waals surface area contributed by atoms with E-state index in [1.54, 1.807) is 24.3 Å². The molecular formula is C30H24F4N2O4. The quantitative estimate of drug-likeness (QED) is 0.179. The van der Waals surface area contributed by atoms with Crippen LogP contribution in [-0.4, -0.2) is 36.9 Å². The Kier molecular flexibility index (Phi) is 8.68. The van der Waals surface area contributed by atoms with Crippen LogP contribution in [0.3, 0.4) is 0 Å². The first-order valence-electron chi connectivity index (χ1n) is 11.9. The van der Waals surface area contributed by atoms with E-state index in [1.807, 2.05) is 0 Å². The van der Waals surface area contributed by atoms with Crippen LogP contribution in [-0.2, 0) is 0 Å². The second-order valence-corrected chi connectivity index (χ2v) is 8.52. The highest BCUT2D eigenvalue weighted by Crippen LogP contribution is 2.43. The maximum atomic E-state index is 15.6. The molecule has 0 aliphatic carbocycles. The van der Waals surface area contributed by atoms with E-state index in [-0.39, 0.29) is 34.1 Å². The second-order valence-electron chi connectivity index (χ2n) is 8.52. The summed E-state index contributed by atoms with van der Waals surface area (Å²) in [7, 11) is 2.35. The number of ether oxygens (including phenoxy) is 2. The summed E-state index contributed by atoms with van der Waals surface area (Å²) in [6.07, 6.45) is 2.24. The third-order valence-electron chi connectivity index (χ3n) is 6.13. The smallest absolute Gasteiger partial charge is 0.173 e. The molecule has 2 N–H and O–H groups in total. The van der Waals surface area contributed by atoms with E-state index in [2.05, 4.69) is 9.98 Å². The van der Waals surface area contributed by atoms with Crippen molar-refractivity contribution in [3.05, 3.63) is 118 Å². The van der Waals surface area contributed by atoms with E-state index < -0.39 is 46.5 Å². The van der Waals surface area contributed by atoms with Gasteiger partial charge in [-0.1, -0.05) is 24.3 Å². The van der Waals surface area contributed by atoms with Crippen molar-refractivity contribution < 1.29 is 37.2 Å². The van der Waals surface area contributed by atoms with E-state index in [4.69, 9.17) is 9.47 Å². The van der Waals surface area contributed by atoms with Crippen LogP contribution in [0, 0.1) is 23.3 Å². The van der Waals surface area contributed by atoms with Gasteiger partial charge in [0.05, 0.1) is 25.3 Å². The maximum Gasteiger partial charge on any atom is 0.173 e. The minimum atomic E-state index is -1.73. The fraction of sp³-hybridized carbons (Fsp3) is 0.133. The van der Waals surface area contributed by atoms with Crippen LogP contribution in [0.15, 0.2) is 82.8 Å². The van der Waals surface area contributed by atoms with Gasteiger partial charge in [0.15, 0.2) is 23.1 Å². The zero-order valence-corrected chi connectivity index (χ0v) is 21.4. The predicted molar refractivity (Wildman–Crippen MR) is 143 cm³/mol. The van der Waals surface area contributed by atoms with Crippen molar-refractivity contribution in [1.29, 1.82) is 0 Å². The zero-order chi connectivity index (χ0) is 28.8. The lowest BCUT2D eigenvalue weighted by Crippen LogP contribution is -2.16. The summed E-state index contributed by atoms with van der Waals surface area (Å²) in [6, 6.07) is 12.6. The first-order valence-corrected chi connectivity index (χ1v) is 11.9. The Morgan fingerprint density at radius 2 is 0.975 bits per heavy atom. The number of methoxy groups -OCH3 is 2. The molecule has 0 aromatic heterocycles. The van der Waals surface area contributed by atoms with Gasteiger partial charge in [-0.15, -0.1) is 0 Å². The Bertz CT molecular complexity index is 1460. The monoisotopic (exact) mass is 552 g/mol. The zero-order valence-electron chi connectivity index (χ0n) is 21.4. The Labute approximate surface area is 227 Å². The highest BCUT2D eigenvalue weighted by molar-refractivity contribution is 5.84. The second kappa shape index (κ2) is 12.3. The van der Waals surface area contributed by atoms with Crippen LogP contribution in [0.1, 0.15) is 34.3 Å². The van der Waals surface area contributed by atoms with E-state index in [0.29, 0.717) is 0 Å². The summed E-state index contributed by atoms with van der Waals surface area (Å²) in [6.45, 7) is 0. The van der Waals surface area contributed by atoms with Gasteiger partial charge < -0.3 is 19.7 Å². The van der Waals surface area contributed by atoms with Crippen LogP contribution in [0.2, 0.25) is 0 Å². The highest BCUT2D eigenvalue weighted by atomic mass is 19.1. The molecule has 40 heavy (non-hydrogen) atoms. The van der Waals surface area contributed by atoms with Crippen molar-refractivity contribution in [3.63, 3.8) is 0 Å². The van der Waals surface area contributed by atoms with Crippen molar-refractivity contribution >= 4 is 12.4 Å². The fourth-order valence-corrected chi connectivity index (χ4v) is 4.10. The number of hydrogen-bond acceptors (Lipinski definition) is 6. The lowest BCUT2D eigenvalue weighted by atomic mass is 9.91. The molecule has 0 saturated heterocycles. The summed E-state index contributed by atoms with van der Waals surface area (Å²) in [5.74, 6) is -5.53. The van der Waals surface area contributed by atoms with Crippen molar-refractivity contribution in [2.24, 2.45) is 9.98 Å². The molecule has 4 rings (SSSR count). The van der Waals surface area contributed by atoms with Gasteiger partial charge in [0.2, 0.25) is 0 Å². The third-order valence-corrected chi connectivity index (χ3v) is 6.13. The molecule has 0 amide bonds. The molecule has 0 unspecified atom stereocenters. The standard InChI is InChI=1S/C30H24F4N2O4/c1-39-23-13-11-19(31)25(27(23)33)29(35-15-17-7-3-5-9-21(17)37)30(36-16-18-8-4-6-10-22(18)38)26-20(32)12-14-24(40-2)28(26)34/h3-16,29-30,37-38H,1-2H3/t29-,30-/m0/s1. The molecule has 0 spiro atoms. The minimum Gasteiger partial charge on any atom is -0.507 e. The van der Waals surface area contributed by atoms with Gasteiger partial charge in [0.25, 0.3) is 0 Å². The molecule has 0 saturated carbocycles. The van der Waals surface area contributed by atoms with E-state index >= 15 is 17.6 Å². The molecule has 0 aliphatic heterocycles. The number of benzene rings is 4. The summed E-state index contributed by atoms with van der Waals surface area (Å²) in [4.78, 5) is 8.60. The van der Waals surface area contributed by atoms with E-state index in [9.17, 15) is 10.2 Å². The van der Waals surface area contributed by atoms with Gasteiger partial charge in [0, 0.05) is 23.6 Å². The van der Waals surface area contributed by atoms with Gasteiger partial charge in [0.1, 0.15) is 35.2 Å². The molecule has 4 aromatic rings. The Balaban J connectivity index is 2.03. The number of rotatable bonds is 9. The number of para-hydroxylation sites is 2. The van der Waals surface area contributed by atoms with Crippen LogP contribution < -0.4 is 9.47 Å². The largest absolute Gasteiger partial charge is 0.507 e. The number of hydrogen-bond donors (Lipinski definition) is 2. The molecule has 2 atom stereocenters. The Morgan fingerprint density at radius 3 is 1.32 bits per heavy atom. The molecular weight excluding hydrogens is 528 g/mol. The summed E-state index contributed by atoms with van der Waals surface area (Å²) >= 11 is 0. The molecule has 10 heteroatoms. The van der Waals surface area contributed by atoms with Gasteiger partial charge >= 0.3 is 0 Å². The lowest BCUT2D eigenvalue weighted by Gasteiger charge is -2.24. The number of aliphatic imine (C=N–C) groups is 2. The van der Waals surface area contributed by atoms with Crippen LogP contribution >= 0.6 is 0 Å². The fourth-order valence-electron chi connectivity index (χ4n) is 4.10. The summed E-state index contributed by atoms with van der Waals surface area (Å²) in [5.41, 5.74) is -1.03. The van der Waals surface area contributed by atoms with E-state index in [0.717, 1.165) is 36.7 Å². The number of aromatic hydroxyl groups is 2. The molecule has 206 valence electrons. The van der Waals surface area contributed by atoms with Gasteiger partial charge in [-0.25, -0.2) is 17.6 Å². The topological polar surface area (TPSA) is 83.6 Å².